The Morgan fingerprint density at radius 3 is 1.88 bits per heavy atom. The lowest BCUT2D eigenvalue weighted by Crippen LogP contribution is -2.18. The van der Waals surface area contributed by atoms with Gasteiger partial charge >= 0.3 is 5.97 Å². The maximum Gasteiger partial charge on any atom is 0.330 e. The molecule has 2 aromatic carbocycles. The number of epoxide rings is 1. The Hall–Kier alpha value is -2.79. The molecule has 2 aromatic rings. The molecule has 1 unspecified atom stereocenters. The standard InChI is InChI=1S/C15H16O2.C6H8O3/c1-15(2,11-3-7-13(16)8-4-11)12-5-9-14(17)10-6-12;1-2-6(7)9-4-5-3-8-5/h3-10,16-17H,1-2H3;2,5H,1,3-4H2. The molecule has 0 bridgehead atoms. The minimum atomic E-state index is -0.384. The van der Waals surface area contributed by atoms with Crippen molar-refractivity contribution in [1.82, 2.24) is 0 Å². The average molecular weight is 356 g/mol. The number of ether oxygens (including phenoxy) is 2. The van der Waals surface area contributed by atoms with Crippen LogP contribution in [0.5, 0.6) is 11.5 Å². The third kappa shape index (κ3) is 5.63. The van der Waals surface area contributed by atoms with Crippen LogP contribution >= 0.6 is 0 Å². The molecule has 1 aliphatic heterocycles. The van der Waals surface area contributed by atoms with Crippen molar-refractivity contribution in [1.29, 1.82) is 0 Å². The first-order valence-corrected chi connectivity index (χ1v) is 8.32. The lowest BCUT2D eigenvalue weighted by molar-refractivity contribution is -0.138. The van der Waals surface area contributed by atoms with Crippen LogP contribution in [0.15, 0.2) is 61.2 Å². The maximum atomic E-state index is 10.3. The topological polar surface area (TPSA) is 79.3 Å². The highest BCUT2D eigenvalue weighted by Crippen LogP contribution is 2.32. The molecule has 26 heavy (non-hydrogen) atoms. The van der Waals surface area contributed by atoms with Gasteiger partial charge in [-0.3, -0.25) is 0 Å². The molecule has 3 rings (SSSR count). The molecule has 0 radical (unpaired) electrons. The Balaban J connectivity index is 0.000000228. The van der Waals surface area contributed by atoms with Crippen molar-refractivity contribution in [3.63, 3.8) is 0 Å². The minimum absolute atomic E-state index is 0.147. The summed E-state index contributed by atoms with van der Waals surface area (Å²) in [5.74, 6) is 0.163. The normalized spacial score (nSPS) is 15.4. The van der Waals surface area contributed by atoms with E-state index in [1.165, 1.54) is 0 Å². The van der Waals surface area contributed by atoms with Gasteiger partial charge in [0.25, 0.3) is 0 Å². The molecule has 0 aliphatic carbocycles. The summed E-state index contributed by atoms with van der Waals surface area (Å²) in [6.45, 7) is 8.56. The van der Waals surface area contributed by atoms with Crippen molar-refractivity contribution in [3.05, 3.63) is 72.3 Å². The summed E-state index contributed by atoms with van der Waals surface area (Å²) in [4.78, 5) is 10.3. The number of phenolic OH excluding ortho intramolecular Hbond substituents is 2. The molecule has 1 heterocycles. The lowest BCUT2D eigenvalue weighted by Gasteiger charge is -2.26. The predicted molar refractivity (Wildman–Crippen MR) is 99.2 cm³/mol. The number of benzene rings is 2. The second-order valence-corrected chi connectivity index (χ2v) is 6.51. The van der Waals surface area contributed by atoms with Gasteiger partial charge in [-0.05, 0) is 35.4 Å². The number of rotatable bonds is 5. The van der Waals surface area contributed by atoms with Crippen LogP contribution in [0.25, 0.3) is 0 Å². The van der Waals surface area contributed by atoms with E-state index in [2.05, 4.69) is 25.2 Å². The molecular formula is C21H24O5. The van der Waals surface area contributed by atoms with Gasteiger partial charge in [0.05, 0.1) is 6.61 Å². The minimum Gasteiger partial charge on any atom is -0.508 e. The van der Waals surface area contributed by atoms with E-state index in [-0.39, 0.29) is 29.0 Å². The number of hydrogen-bond acceptors (Lipinski definition) is 5. The molecule has 1 fully saturated rings. The predicted octanol–water partition coefficient (Wildman–Crippen LogP) is 3.54. The van der Waals surface area contributed by atoms with Crippen LogP contribution in [0.3, 0.4) is 0 Å². The van der Waals surface area contributed by atoms with Crippen molar-refractivity contribution >= 4 is 5.97 Å². The Bertz CT molecular complexity index is 681. The lowest BCUT2D eigenvalue weighted by atomic mass is 9.78. The molecule has 1 atom stereocenters. The van der Waals surface area contributed by atoms with E-state index in [0.717, 1.165) is 17.2 Å². The van der Waals surface area contributed by atoms with E-state index in [1.807, 2.05) is 24.3 Å². The zero-order valence-electron chi connectivity index (χ0n) is 15.0. The van der Waals surface area contributed by atoms with Gasteiger partial charge in [-0.1, -0.05) is 44.7 Å². The zero-order chi connectivity index (χ0) is 19.2. The monoisotopic (exact) mass is 356 g/mol. The first-order chi connectivity index (χ1) is 12.3. The number of esters is 1. The van der Waals surface area contributed by atoms with Crippen LogP contribution in [0.2, 0.25) is 0 Å². The number of aromatic hydroxyl groups is 2. The summed E-state index contributed by atoms with van der Waals surface area (Å²) < 4.78 is 9.42. The zero-order valence-corrected chi connectivity index (χ0v) is 15.0. The SMILES string of the molecule is C=CC(=O)OCC1CO1.CC(C)(c1ccc(O)cc1)c1ccc(O)cc1. The van der Waals surface area contributed by atoms with Crippen LogP contribution in [0, 0.1) is 0 Å². The van der Waals surface area contributed by atoms with Gasteiger partial charge in [0.1, 0.15) is 24.2 Å². The van der Waals surface area contributed by atoms with Crippen molar-refractivity contribution in [2.45, 2.75) is 25.4 Å². The van der Waals surface area contributed by atoms with Crippen molar-refractivity contribution in [3.8, 4) is 11.5 Å². The molecule has 5 heteroatoms. The summed E-state index contributed by atoms with van der Waals surface area (Å²) in [6, 6.07) is 14.4. The number of phenols is 2. The first kappa shape index (κ1) is 19.5. The van der Waals surface area contributed by atoms with E-state index in [0.29, 0.717) is 13.2 Å². The van der Waals surface area contributed by atoms with Gasteiger partial charge < -0.3 is 19.7 Å². The highest BCUT2D eigenvalue weighted by atomic mass is 16.6. The summed E-state index contributed by atoms with van der Waals surface area (Å²) in [5, 5.41) is 18.6. The van der Waals surface area contributed by atoms with Crippen LogP contribution in [0.4, 0.5) is 0 Å². The van der Waals surface area contributed by atoms with Crippen molar-refractivity contribution in [2.24, 2.45) is 0 Å². The highest BCUT2D eigenvalue weighted by molar-refractivity contribution is 5.81. The first-order valence-electron chi connectivity index (χ1n) is 8.32. The number of hydrogen-bond donors (Lipinski definition) is 2. The molecule has 138 valence electrons. The van der Waals surface area contributed by atoms with Crippen LogP contribution in [0.1, 0.15) is 25.0 Å². The Morgan fingerprint density at radius 1 is 1.12 bits per heavy atom. The van der Waals surface area contributed by atoms with Gasteiger partial charge in [-0.15, -0.1) is 0 Å². The molecule has 1 saturated heterocycles. The Morgan fingerprint density at radius 2 is 1.54 bits per heavy atom. The molecule has 0 saturated carbocycles. The van der Waals surface area contributed by atoms with Gasteiger partial charge in [0, 0.05) is 11.5 Å². The Kier molecular flexibility index (Phi) is 6.41. The molecule has 0 aromatic heterocycles. The van der Waals surface area contributed by atoms with E-state index in [1.54, 1.807) is 24.3 Å². The second-order valence-electron chi connectivity index (χ2n) is 6.51. The van der Waals surface area contributed by atoms with E-state index in [9.17, 15) is 15.0 Å². The van der Waals surface area contributed by atoms with Crippen LogP contribution in [-0.2, 0) is 19.7 Å². The number of carbonyl (C=O) groups excluding carboxylic acids is 1. The van der Waals surface area contributed by atoms with Gasteiger partial charge in [-0.25, -0.2) is 4.79 Å². The summed E-state index contributed by atoms with van der Waals surface area (Å²) in [5.41, 5.74) is 2.10. The van der Waals surface area contributed by atoms with Crippen LogP contribution < -0.4 is 0 Å². The summed E-state index contributed by atoms with van der Waals surface area (Å²) in [7, 11) is 0. The molecule has 1 aliphatic rings. The summed E-state index contributed by atoms with van der Waals surface area (Å²) in [6.07, 6.45) is 1.29. The smallest absolute Gasteiger partial charge is 0.330 e. The molecule has 0 spiro atoms. The number of carbonyl (C=O) groups is 1. The van der Waals surface area contributed by atoms with Crippen LogP contribution in [-0.4, -0.2) is 35.5 Å². The second kappa shape index (κ2) is 8.54. The Labute approximate surface area is 153 Å². The fraction of sp³-hybridized carbons (Fsp3) is 0.286. The molecule has 2 N–H and O–H groups in total. The highest BCUT2D eigenvalue weighted by Gasteiger charge is 2.23. The van der Waals surface area contributed by atoms with Crippen molar-refractivity contribution in [2.75, 3.05) is 13.2 Å². The van der Waals surface area contributed by atoms with Gasteiger partial charge in [-0.2, -0.15) is 0 Å². The molecular weight excluding hydrogens is 332 g/mol. The van der Waals surface area contributed by atoms with E-state index >= 15 is 0 Å². The molecule has 5 nitrogen and oxygen atoms in total. The largest absolute Gasteiger partial charge is 0.508 e. The van der Waals surface area contributed by atoms with Gasteiger partial charge in [0.2, 0.25) is 0 Å². The third-order valence-electron chi connectivity index (χ3n) is 4.16. The van der Waals surface area contributed by atoms with E-state index < -0.39 is 0 Å². The third-order valence-corrected chi connectivity index (χ3v) is 4.16. The molecule has 0 amide bonds. The summed E-state index contributed by atoms with van der Waals surface area (Å²) >= 11 is 0. The fourth-order valence-corrected chi connectivity index (χ4v) is 2.32. The van der Waals surface area contributed by atoms with E-state index in [4.69, 9.17) is 4.74 Å². The average Bonchev–Trinajstić information content (AvgIpc) is 3.45. The van der Waals surface area contributed by atoms with Gasteiger partial charge in [0.15, 0.2) is 0 Å². The maximum absolute atomic E-state index is 10.3. The van der Waals surface area contributed by atoms with Crippen molar-refractivity contribution < 1.29 is 24.5 Å². The quantitative estimate of drug-likeness (QED) is 0.487. The fourth-order valence-electron chi connectivity index (χ4n) is 2.32.